The molecule has 186 valence electrons. The molecule has 5 nitrogen and oxygen atoms in total. The van der Waals surface area contributed by atoms with E-state index in [0.29, 0.717) is 12.5 Å². The van der Waals surface area contributed by atoms with Gasteiger partial charge in [0.25, 0.3) is 0 Å². The average molecular weight is 503 g/mol. The Morgan fingerprint density at radius 1 is 1.03 bits per heavy atom. The van der Waals surface area contributed by atoms with Crippen LogP contribution in [0.15, 0.2) is 60.0 Å². The summed E-state index contributed by atoms with van der Waals surface area (Å²) in [6, 6.07) is 17.2. The van der Waals surface area contributed by atoms with Crippen LogP contribution in [-0.4, -0.2) is 39.4 Å². The summed E-state index contributed by atoms with van der Waals surface area (Å²) in [5, 5.41) is 7.09. The second-order valence-electron chi connectivity index (χ2n) is 10.2. The van der Waals surface area contributed by atoms with Crippen LogP contribution in [0.2, 0.25) is 0 Å². The fourth-order valence-electron chi connectivity index (χ4n) is 5.39. The lowest BCUT2D eigenvalue weighted by molar-refractivity contribution is -0.0963. The highest BCUT2D eigenvalue weighted by Gasteiger charge is 2.41. The minimum atomic E-state index is -0.261. The highest BCUT2D eigenvalue weighted by atomic mass is 32.1. The second-order valence-corrected chi connectivity index (χ2v) is 11.1. The molecule has 1 fully saturated rings. The van der Waals surface area contributed by atoms with Crippen LogP contribution in [0.25, 0.3) is 17.1 Å². The van der Waals surface area contributed by atoms with Crippen LogP contribution in [0, 0.1) is 5.82 Å². The molecule has 0 amide bonds. The molecule has 1 spiro atoms. The van der Waals surface area contributed by atoms with Crippen molar-refractivity contribution in [1.82, 2.24) is 19.7 Å². The maximum absolute atomic E-state index is 13.6. The molecule has 0 aliphatic carbocycles. The van der Waals surface area contributed by atoms with Gasteiger partial charge < -0.3 is 4.74 Å². The summed E-state index contributed by atoms with van der Waals surface area (Å²) in [6.07, 6.45) is 3.00. The van der Waals surface area contributed by atoms with Crippen LogP contribution in [0.1, 0.15) is 54.4 Å². The number of nitrogens with zero attached hydrogens (tertiary/aromatic N) is 4. The molecule has 6 rings (SSSR count). The molecule has 0 radical (unpaired) electrons. The van der Waals surface area contributed by atoms with E-state index in [4.69, 9.17) is 14.8 Å². The van der Waals surface area contributed by atoms with E-state index in [2.05, 4.69) is 54.5 Å². The van der Waals surface area contributed by atoms with E-state index in [1.54, 1.807) is 12.1 Å². The van der Waals surface area contributed by atoms with Gasteiger partial charge in [-0.2, -0.15) is 0 Å². The van der Waals surface area contributed by atoms with E-state index < -0.39 is 0 Å². The second kappa shape index (κ2) is 9.54. The summed E-state index contributed by atoms with van der Waals surface area (Å²) in [6.45, 7) is 7.76. The zero-order chi connectivity index (χ0) is 24.7. The van der Waals surface area contributed by atoms with Crippen LogP contribution < -0.4 is 0 Å². The van der Waals surface area contributed by atoms with Gasteiger partial charge in [-0.05, 0) is 72.0 Å². The number of benzene rings is 2. The summed E-state index contributed by atoms with van der Waals surface area (Å²) in [4.78, 5) is 8.82. The Kier molecular flexibility index (Phi) is 6.23. The molecule has 0 atom stereocenters. The van der Waals surface area contributed by atoms with Gasteiger partial charge in [0.2, 0.25) is 0 Å². The summed E-state index contributed by atoms with van der Waals surface area (Å²) >= 11 is 1.84. The standard InChI is InChI=1S/C29H31FN4OS/c1-20(2)21-3-5-23(6-4-21)28-31-26(32-34(28)25-9-7-24(30)8-10-25)19-33-15-13-29(14-16-33)27-22(11-17-35-29)12-18-36-27/h3-10,12,18,20H,11,13-17,19H2,1-2H3. The Morgan fingerprint density at radius 2 is 1.78 bits per heavy atom. The molecular formula is C29H31FN4OS. The SMILES string of the molecule is CC(C)c1ccc(-c2nc(CN3CCC4(CC3)OCCc3ccsc34)nn2-c2ccc(F)cc2)cc1. The maximum Gasteiger partial charge on any atom is 0.165 e. The topological polar surface area (TPSA) is 43.2 Å². The average Bonchev–Trinajstić information content (AvgIpc) is 3.55. The van der Waals surface area contributed by atoms with Gasteiger partial charge in [-0.3, -0.25) is 4.90 Å². The lowest BCUT2D eigenvalue weighted by Gasteiger charge is -2.43. The monoisotopic (exact) mass is 502 g/mol. The van der Waals surface area contributed by atoms with E-state index in [9.17, 15) is 4.39 Å². The van der Waals surface area contributed by atoms with E-state index in [1.807, 2.05) is 16.0 Å². The molecule has 2 aliphatic heterocycles. The number of halogens is 1. The van der Waals surface area contributed by atoms with Crippen LogP contribution in [0.5, 0.6) is 0 Å². The van der Waals surface area contributed by atoms with Gasteiger partial charge in [-0.15, -0.1) is 16.4 Å². The van der Waals surface area contributed by atoms with Crippen LogP contribution in [0.4, 0.5) is 4.39 Å². The number of likely N-dealkylation sites (tertiary alicyclic amines) is 1. The van der Waals surface area contributed by atoms with Crippen LogP contribution in [-0.2, 0) is 23.3 Å². The van der Waals surface area contributed by atoms with Crippen molar-refractivity contribution in [2.45, 2.75) is 51.2 Å². The molecule has 0 unspecified atom stereocenters. The van der Waals surface area contributed by atoms with Crippen LogP contribution >= 0.6 is 11.3 Å². The van der Waals surface area contributed by atoms with Gasteiger partial charge in [-0.1, -0.05) is 38.1 Å². The van der Waals surface area contributed by atoms with Crippen molar-refractivity contribution < 1.29 is 9.13 Å². The molecule has 1 saturated heterocycles. The first-order valence-corrected chi connectivity index (χ1v) is 13.6. The Balaban J connectivity index is 1.25. The normalized spacial score (nSPS) is 17.6. The van der Waals surface area contributed by atoms with Crippen molar-refractivity contribution in [1.29, 1.82) is 0 Å². The van der Waals surface area contributed by atoms with E-state index >= 15 is 0 Å². The largest absolute Gasteiger partial charge is 0.369 e. The Bertz CT molecular complexity index is 1330. The third-order valence-corrected chi connectivity index (χ3v) is 8.64. The van der Waals surface area contributed by atoms with Gasteiger partial charge in [0.15, 0.2) is 11.6 Å². The van der Waals surface area contributed by atoms with Gasteiger partial charge in [0.1, 0.15) is 11.4 Å². The summed E-state index contributed by atoms with van der Waals surface area (Å²) in [5.41, 5.74) is 4.43. The molecule has 0 saturated carbocycles. The lowest BCUT2D eigenvalue weighted by atomic mass is 9.85. The number of hydrogen-bond donors (Lipinski definition) is 0. The Hall–Kier alpha value is -2.87. The quantitative estimate of drug-likeness (QED) is 0.320. The Labute approximate surface area is 215 Å². The van der Waals surface area contributed by atoms with Gasteiger partial charge in [-0.25, -0.2) is 14.1 Å². The summed E-state index contributed by atoms with van der Waals surface area (Å²) < 4.78 is 21.8. The van der Waals surface area contributed by atoms with Crippen LogP contribution in [0.3, 0.4) is 0 Å². The summed E-state index contributed by atoms with van der Waals surface area (Å²) in [7, 11) is 0. The molecule has 2 aromatic heterocycles. The number of aromatic nitrogens is 3. The molecule has 0 N–H and O–H groups in total. The fraction of sp³-hybridized carbons (Fsp3) is 0.379. The van der Waals surface area contributed by atoms with Gasteiger partial charge in [0, 0.05) is 23.5 Å². The molecule has 7 heteroatoms. The number of thiophene rings is 1. The predicted molar refractivity (Wildman–Crippen MR) is 141 cm³/mol. The van der Waals surface area contributed by atoms with E-state index in [0.717, 1.165) is 61.9 Å². The summed E-state index contributed by atoms with van der Waals surface area (Å²) in [5.74, 6) is 1.76. The van der Waals surface area contributed by atoms with E-state index in [-0.39, 0.29) is 11.4 Å². The van der Waals surface area contributed by atoms with Crippen molar-refractivity contribution >= 4 is 11.3 Å². The van der Waals surface area contributed by atoms with Crippen molar-refractivity contribution in [3.63, 3.8) is 0 Å². The maximum atomic E-state index is 13.6. The number of rotatable bonds is 5. The molecule has 0 bridgehead atoms. The predicted octanol–water partition coefficient (Wildman–Crippen LogP) is 6.32. The first-order chi connectivity index (χ1) is 17.5. The van der Waals surface area contributed by atoms with Crippen molar-refractivity contribution in [3.8, 4) is 17.1 Å². The van der Waals surface area contributed by atoms with Crippen molar-refractivity contribution in [3.05, 3.63) is 87.6 Å². The van der Waals surface area contributed by atoms with E-state index in [1.165, 1.54) is 28.1 Å². The first-order valence-electron chi connectivity index (χ1n) is 12.8. The van der Waals surface area contributed by atoms with Gasteiger partial charge in [0.05, 0.1) is 18.8 Å². The van der Waals surface area contributed by atoms with Crippen molar-refractivity contribution in [2.24, 2.45) is 0 Å². The third kappa shape index (κ3) is 4.40. The Morgan fingerprint density at radius 3 is 2.50 bits per heavy atom. The highest BCUT2D eigenvalue weighted by molar-refractivity contribution is 7.10. The fourth-order valence-corrected chi connectivity index (χ4v) is 6.55. The minimum Gasteiger partial charge on any atom is -0.369 e. The number of hydrogen-bond acceptors (Lipinski definition) is 5. The smallest absolute Gasteiger partial charge is 0.165 e. The highest BCUT2D eigenvalue weighted by Crippen LogP contribution is 2.44. The first kappa shape index (κ1) is 23.5. The molecular weight excluding hydrogens is 471 g/mol. The molecule has 2 aliphatic rings. The number of fused-ring (bicyclic) bond motifs is 2. The number of piperidine rings is 1. The molecule has 4 heterocycles. The zero-order valence-electron chi connectivity index (χ0n) is 20.8. The zero-order valence-corrected chi connectivity index (χ0v) is 21.6. The molecule has 2 aromatic carbocycles. The lowest BCUT2D eigenvalue weighted by Crippen LogP contribution is -2.45. The third-order valence-electron chi connectivity index (χ3n) is 7.50. The van der Waals surface area contributed by atoms with Gasteiger partial charge >= 0.3 is 0 Å². The molecule has 36 heavy (non-hydrogen) atoms. The number of ether oxygens (including phenoxy) is 1. The molecule has 4 aromatic rings. The minimum absolute atomic E-state index is 0.123. The van der Waals surface area contributed by atoms with Crippen molar-refractivity contribution in [2.75, 3.05) is 19.7 Å².